The van der Waals surface area contributed by atoms with Crippen molar-refractivity contribution >= 4 is 0 Å². The van der Waals surface area contributed by atoms with Crippen molar-refractivity contribution in [2.75, 3.05) is 19.8 Å². The molecule has 0 radical (unpaired) electrons. The molecule has 1 fully saturated rings. The van der Waals surface area contributed by atoms with Gasteiger partial charge in [-0.3, -0.25) is 0 Å². The summed E-state index contributed by atoms with van der Waals surface area (Å²) < 4.78 is 5.44. The van der Waals surface area contributed by atoms with Crippen molar-refractivity contribution in [3.63, 3.8) is 0 Å². The van der Waals surface area contributed by atoms with Gasteiger partial charge in [0.2, 0.25) is 0 Å². The van der Waals surface area contributed by atoms with Gasteiger partial charge in [-0.25, -0.2) is 0 Å². The van der Waals surface area contributed by atoms with Crippen molar-refractivity contribution in [2.45, 2.75) is 25.7 Å². The van der Waals surface area contributed by atoms with Crippen LogP contribution in [0.2, 0.25) is 0 Å². The van der Waals surface area contributed by atoms with Crippen LogP contribution in [0.25, 0.3) is 0 Å². The second kappa shape index (κ2) is 6.17. The van der Waals surface area contributed by atoms with Gasteiger partial charge in [0.15, 0.2) is 0 Å². The van der Waals surface area contributed by atoms with Gasteiger partial charge in [-0.15, -0.1) is 6.58 Å². The summed E-state index contributed by atoms with van der Waals surface area (Å²) in [5.74, 6) is 1.54. The van der Waals surface area contributed by atoms with Crippen molar-refractivity contribution < 1.29 is 4.74 Å². The van der Waals surface area contributed by atoms with Crippen LogP contribution >= 0.6 is 0 Å². The lowest BCUT2D eigenvalue weighted by molar-refractivity contribution is 0.0970. The molecule has 0 spiro atoms. The summed E-state index contributed by atoms with van der Waals surface area (Å²) in [5.41, 5.74) is 5.63. The molecule has 0 unspecified atom stereocenters. The first-order valence-electron chi connectivity index (χ1n) is 5.25. The molecule has 0 heterocycles. The van der Waals surface area contributed by atoms with Crippen molar-refractivity contribution in [1.82, 2.24) is 0 Å². The van der Waals surface area contributed by atoms with E-state index in [9.17, 15) is 0 Å². The van der Waals surface area contributed by atoms with Crippen LogP contribution in [-0.2, 0) is 4.74 Å². The van der Waals surface area contributed by atoms with Crippen LogP contribution in [-0.4, -0.2) is 19.8 Å². The number of rotatable bonds is 5. The molecule has 1 rings (SSSR count). The molecular formula is C11H21NO. The molecular weight excluding hydrogens is 162 g/mol. The summed E-state index contributed by atoms with van der Waals surface area (Å²) in [6.45, 7) is 6.09. The van der Waals surface area contributed by atoms with Crippen LogP contribution in [0.4, 0.5) is 0 Å². The monoisotopic (exact) mass is 183 g/mol. The predicted molar refractivity (Wildman–Crippen MR) is 55.5 cm³/mol. The summed E-state index contributed by atoms with van der Waals surface area (Å²) >= 11 is 0. The molecule has 2 nitrogen and oxygen atoms in total. The minimum Gasteiger partial charge on any atom is -0.377 e. The number of hydrogen-bond acceptors (Lipinski definition) is 2. The van der Waals surface area contributed by atoms with E-state index in [1.807, 2.05) is 6.08 Å². The van der Waals surface area contributed by atoms with Crippen LogP contribution in [0.5, 0.6) is 0 Å². The van der Waals surface area contributed by atoms with Gasteiger partial charge in [0.05, 0.1) is 6.61 Å². The second-order valence-corrected chi connectivity index (χ2v) is 3.95. The molecule has 2 N–H and O–H groups in total. The molecule has 0 amide bonds. The highest BCUT2D eigenvalue weighted by Gasteiger charge is 2.19. The van der Waals surface area contributed by atoms with Crippen LogP contribution in [0.3, 0.4) is 0 Å². The van der Waals surface area contributed by atoms with Crippen molar-refractivity contribution in [3.05, 3.63) is 12.7 Å². The minimum absolute atomic E-state index is 0.691. The Balaban J connectivity index is 2.06. The molecule has 1 saturated carbocycles. The highest BCUT2D eigenvalue weighted by molar-refractivity contribution is 4.73. The van der Waals surface area contributed by atoms with Gasteiger partial charge < -0.3 is 10.5 Å². The predicted octanol–water partition coefficient (Wildman–Crippen LogP) is 1.95. The molecule has 0 bridgehead atoms. The van der Waals surface area contributed by atoms with Gasteiger partial charge >= 0.3 is 0 Å². The van der Waals surface area contributed by atoms with Crippen molar-refractivity contribution in [2.24, 2.45) is 17.6 Å². The quantitative estimate of drug-likeness (QED) is 0.522. The molecule has 0 aromatic carbocycles. The zero-order valence-electron chi connectivity index (χ0n) is 8.37. The summed E-state index contributed by atoms with van der Waals surface area (Å²) in [6, 6.07) is 0. The third-order valence-corrected chi connectivity index (χ3v) is 2.89. The fourth-order valence-electron chi connectivity index (χ4n) is 1.95. The lowest BCUT2D eigenvalue weighted by Gasteiger charge is -2.27. The van der Waals surface area contributed by atoms with E-state index in [2.05, 4.69) is 6.58 Å². The first-order valence-corrected chi connectivity index (χ1v) is 5.25. The van der Waals surface area contributed by atoms with E-state index in [0.29, 0.717) is 6.61 Å². The Kier molecular flexibility index (Phi) is 5.09. The van der Waals surface area contributed by atoms with E-state index < -0.39 is 0 Å². The van der Waals surface area contributed by atoms with Crippen LogP contribution in [0, 0.1) is 11.8 Å². The zero-order chi connectivity index (χ0) is 9.52. The zero-order valence-corrected chi connectivity index (χ0v) is 8.37. The van der Waals surface area contributed by atoms with Crippen molar-refractivity contribution in [3.8, 4) is 0 Å². The third-order valence-electron chi connectivity index (χ3n) is 2.89. The maximum Gasteiger partial charge on any atom is 0.0644 e. The smallest absolute Gasteiger partial charge is 0.0644 e. The van der Waals surface area contributed by atoms with Gasteiger partial charge in [-0.1, -0.05) is 6.08 Å². The first-order chi connectivity index (χ1) is 6.36. The molecule has 2 heteroatoms. The normalized spacial score (nSPS) is 28.7. The lowest BCUT2D eigenvalue weighted by Crippen LogP contribution is -2.23. The van der Waals surface area contributed by atoms with Gasteiger partial charge in [-0.2, -0.15) is 0 Å². The summed E-state index contributed by atoms with van der Waals surface area (Å²) in [5, 5.41) is 0. The van der Waals surface area contributed by atoms with Gasteiger partial charge in [0.25, 0.3) is 0 Å². The molecule has 0 atom stereocenters. The maximum absolute atomic E-state index is 5.63. The first kappa shape index (κ1) is 10.7. The fraction of sp³-hybridized carbons (Fsp3) is 0.818. The molecule has 76 valence electrons. The van der Waals surface area contributed by atoms with Crippen LogP contribution < -0.4 is 5.73 Å². The van der Waals surface area contributed by atoms with E-state index in [-0.39, 0.29) is 0 Å². The second-order valence-electron chi connectivity index (χ2n) is 3.95. The molecule has 0 aromatic heterocycles. The topological polar surface area (TPSA) is 35.2 Å². The van der Waals surface area contributed by atoms with E-state index >= 15 is 0 Å². The molecule has 1 aliphatic carbocycles. The van der Waals surface area contributed by atoms with Crippen LogP contribution in [0.15, 0.2) is 12.7 Å². The van der Waals surface area contributed by atoms with Gasteiger partial charge in [-0.05, 0) is 44.1 Å². The lowest BCUT2D eigenvalue weighted by atomic mass is 9.82. The highest BCUT2D eigenvalue weighted by Crippen LogP contribution is 2.27. The Morgan fingerprint density at radius 3 is 2.38 bits per heavy atom. The fourth-order valence-corrected chi connectivity index (χ4v) is 1.95. The molecule has 1 aliphatic rings. The highest BCUT2D eigenvalue weighted by atomic mass is 16.5. The standard InChI is InChI=1S/C11H21NO/c1-2-7-13-9-11-5-3-10(8-12)4-6-11/h2,10-11H,1,3-9,12H2. The number of hydrogen-bond donors (Lipinski definition) is 1. The van der Waals surface area contributed by atoms with Gasteiger partial charge in [0.1, 0.15) is 0 Å². The van der Waals surface area contributed by atoms with E-state index in [1.165, 1.54) is 25.7 Å². The molecule has 0 saturated heterocycles. The Bertz CT molecular complexity index is 139. The summed E-state index contributed by atoms with van der Waals surface area (Å²) in [6.07, 6.45) is 6.97. The Morgan fingerprint density at radius 1 is 1.23 bits per heavy atom. The van der Waals surface area contributed by atoms with Crippen LogP contribution in [0.1, 0.15) is 25.7 Å². The Labute approximate surface area is 81.1 Å². The van der Waals surface area contributed by atoms with Crippen molar-refractivity contribution in [1.29, 1.82) is 0 Å². The average molecular weight is 183 g/mol. The summed E-state index contributed by atoms with van der Waals surface area (Å²) in [4.78, 5) is 0. The molecule has 0 aliphatic heterocycles. The van der Waals surface area contributed by atoms with Gasteiger partial charge in [0, 0.05) is 6.61 Å². The van der Waals surface area contributed by atoms with E-state index in [0.717, 1.165) is 25.0 Å². The molecule has 13 heavy (non-hydrogen) atoms. The summed E-state index contributed by atoms with van der Waals surface area (Å²) in [7, 11) is 0. The Hall–Kier alpha value is -0.340. The maximum atomic E-state index is 5.63. The third kappa shape index (κ3) is 3.92. The number of ether oxygens (including phenoxy) is 1. The van der Waals surface area contributed by atoms with E-state index in [1.54, 1.807) is 0 Å². The van der Waals surface area contributed by atoms with E-state index in [4.69, 9.17) is 10.5 Å². The SMILES string of the molecule is C=CCOCC1CCC(CN)CC1. The Morgan fingerprint density at radius 2 is 1.85 bits per heavy atom. The minimum atomic E-state index is 0.691. The largest absolute Gasteiger partial charge is 0.377 e. The molecule has 0 aromatic rings. The number of nitrogens with two attached hydrogens (primary N) is 1. The average Bonchev–Trinajstić information content (AvgIpc) is 2.19.